The summed E-state index contributed by atoms with van der Waals surface area (Å²) in [7, 11) is -4.44. The standard InChI is InChI=1S/C7H9N3O4S/c8-7(11)10(9)5-3-1-2-4-6(5)15(12,13)14/h1-4H,9H2,(H2,8,11)(H,12,13,14). The van der Waals surface area contributed by atoms with Crippen LogP contribution in [0, 0.1) is 0 Å². The predicted octanol–water partition coefficient (Wildman–Crippen LogP) is -0.308. The summed E-state index contributed by atoms with van der Waals surface area (Å²) >= 11 is 0. The number of nitrogens with two attached hydrogens (primary N) is 2. The highest BCUT2D eigenvalue weighted by Crippen LogP contribution is 2.22. The van der Waals surface area contributed by atoms with Gasteiger partial charge in [-0.25, -0.2) is 15.6 Å². The fourth-order valence-corrected chi connectivity index (χ4v) is 1.67. The van der Waals surface area contributed by atoms with Crippen molar-refractivity contribution in [3.8, 4) is 0 Å². The maximum Gasteiger partial charge on any atom is 0.333 e. The van der Waals surface area contributed by atoms with E-state index in [1.807, 2.05) is 0 Å². The highest BCUT2D eigenvalue weighted by Gasteiger charge is 2.19. The van der Waals surface area contributed by atoms with Crippen molar-refractivity contribution in [2.75, 3.05) is 5.01 Å². The number of hydrazine groups is 1. The lowest BCUT2D eigenvalue weighted by atomic mass is 10.3. The van der Waals surface area contributed by atoms with E-state index >= 15 is 0 Å². The average molecular weight is 231 g/mol. The molecule has 5 N–H and O–H groups in total. The minimum Gasteiger partial charge on any atom is -0.350 e. The lowest BCUT2D eigenvalue weighted by molar-refractivity contribution is 0.254. The molecule has 1 aromatic carbocycles. The first kappa shape index (κ1) is 11.4. The molecule has 0 spiro atoms. The van der Waals surface area contributed by atoms with E-state index in [-0.39, 0.29) is 5.69 Å². The van der Waals surface area contributed by atoms with Crippen molar-refractivity contribution in [1.82, 2.24) is 0 Å². The molecule has 82 valence electrons. The third kappa shape index (κ3) is 2.43. The van der Waals surface area contributed by atoms with E-state index in [0.29, 0.717) is 5.01 Å². The molecular weight excluding hydrogens is 222 g/mol. The van der Waals surface area contributed by atoms with Gasteiger partial charge in [-0.15, -0.1) is 0 Å². The van der Waals surface area contributed by atoms with Crippen LogP contribution in [-0.4, -0.2) is 19.0 Å². The Morgan fingerprint density at radius 2 is 1.87 bits per heavy atom. The maximum absolute atomic E-state index is 10.9. The Labute approximate surface area is 86.0 Å². The molecule has 0 aliphatic rings. The number of carbonyl (C=O) groups excluding carboxylic acids is 1. The Kier molecular flexibility index (Phi) is 2.93. The van der Waals surface area contributed by atoms with Crippen LogP contribution in [0.3, 0.4) is 0 Å². The molecule has 0 saturated heterocycles. The molecule has 1 aromatic rings. The molecule has 1 rings (SSSR count). The van der Waals surface area contributed by atoms with Gasteiger partial charge in [-0.1, -0.05) is 12.1 Å². The van der Waals surface area contributed by atoms with E-state index in [0.717, 1.165) is 6.07 Å². The van der Waals surface area contributed by atoms with Gasteiger partial charge in [0.15, 0.2) is 0 Å². The molecule has 0 atom stereocenters. The number of benzene rings is 1. The second kappa shape index (κ2) is 3.85. The van der Waals surface area contributed by atoms with Gasteiger partial charge in [-0.05, 0) is 12.1 Å². The fraction of sp³-hybridized carbons (Fsp3) is 0. The highest BCUT2D eigenvalue weighted by molar-refractivity contribution is 7.86. The van der Waals surface area contributed by atoms with Gasteiger partial charge in [0.2, 0.25) is 0 Å². The number of urea groups is 1. The maximum atomic E-state index is 10.9. The van der Waals surface area contributed by atoms with Crippen molar-refractivity contribution < 1.29 is 17.8 Å². The minimum atomic E-state index is -4.44. The van der Waals surface area contributed by atoms with Crippen LogP contribution in [0.5, 0.6) is 0 Å². The Morgan fingerprint density at radius 1 is 1.33 bits per heavy atom. The zero-order valence-electron chi connectivity index (χ0n) is 7.49. The van der Waals surface area contributed by atoms with Crippen molar-refractivity contribution in [1.29, 1.82) is 0 Å². The van der Waals surface area contributed by atoms with E-state index < -0.39 is 21.0 Å². The van der Waals surface area contributed by atoms with Crippen molar-refractivity contribution in [2.45, 2.75) is 4.90 Å². The van der Waals surface area contributed by atoms with Crippen molar-refractivity contribution in [3.63, 3.8) is 0 Å². The third-order valence-corrected chi connectivity index (χ3v) is 2.54. The summed E-state index contributed by atoms with van der Waals surface area (Å²) in [6.45, 7) is 0. The van der Waals surface area contributed by atoms with Crippen molar-refractivity contribution in [2.24, 2.45) is 11.6 Å². The first-order chi connectivity index (χ1) is 6.84. The van der Waals surface area contributed by atoms with Crippen LogP contribution in [0.4, 0.5) is 10.5 Å². The van der Waals surface area contributed by atoms with E-state index in [1.165, 1.54) is 18.2 Å². The number of hydrogen-bond donors (Lipinski definition) is 3. The van der Waals surface area contributed by atoms with Crippen LogP contribution in [0.2, 0.25) is 0 Å². The lowest BCUT2D eigenvalue weighted by Crippen LogP contribution is -2.42. The molecule has 0 saturated carbocycles. The molecule has 0 unspecified atom stereocenters. The van der Waals surface area contributed by atoms with Crippen molar-refractivity contribution in [3.05, 3.63) is 24.3 Å². The molecule has 2 amide bonds. The van der Waals surface area contributed by atoms with Crippen LogP contribution in [0.25, 0.3) is 0 Å². The summed E-state index contributed by atoms with van der Waals surface area (Å²) in [4.78, 5) is 10.2. The number of carbonyl (C=O) groups is 1. The lowest BCUT2D eigenvalue weighted by Gasteiger charge is -2.15. The summed E-state index contributed by atoms with van der Waals surface area (Å²) in [5.74, 6) is 5.22. The van der Waals surface area contributed by atoms with Gasteiger partial charge in [-0.3, -0.25) is 4.55 Å². The quantitative estimate of drug-likeness (QED) is 0.278. The van der Waals surface area contributed by atoms with Gasteiger partial charge in [0.25, 0.3) is 10.1 Å². The number of anilines is 1. The Morgan fingerprint density at radius 3 is 2.33 bits per heavy atom. The van der Waals surface area contributed by atoms with Crippen LogP contribution in [0.1, 0.15) is 0 Å². The molecule has 0 aromatic heterocycles. The molecule has 0 radical (unpaired) electrons. The third-order valence-electron chi connectivity index (χ3n) is 1.64. The fourth-order valence-electron chi connectivity index (χ4n) is 0.993. The first-order valence-corrected chi connectivity index (χ1v) is 5.19. The van der Waals surface area contributed by atoms with Gasteiger partial charge in [-0.2, -0.15) is 8.42 Å². The Balaban J connectivity index is 3.37. The Bertz CT molecular complexity index is 485. The molecule has 0 heterocycles. The number of hydrogen-bond acceptors (Lipinski definition) is 4. The molecule has 0 aliphatic carbocycles. The van der Waals surface area contributed by atoms with Crippen molar-refractivity contribution >= 4 is 21.8 Å². The predicted molar refractivity (Wildman–Crippen MR) is 52.5 cm³/mol. The second-order valence-corrected chi connectivity index (χ2v) is 4.04. The topological polar surface area (TPSA) is 127 Å². The van der Waals surface area contributed by atoms with E-state index in [2.05, 4.69) is 0 Å². The van der Waals surface area contributed by atoms with Gasteiger partial charge in [0, 0.05) is 0 Å². The second-order valence-electron chi connectivity index (χ2n) is 2.65. The smallest absolute Gasteiger partial charge is 0.333 e. The van der Waals surface area contributed by atoms with E-state index in [4.69, 9.17) is 16.1 Å². The molecule has 0 fully saturated rings. The van der Waals surface area contributed by atoms with Crippen LogP contribution >= 0.6 is 0 Å². The van der Waals surface area contributed by atoms with Crippen LogP contribution in [0.15, 0.2) is 29.2 Å². The number of para-hydroxylation sites is 1. The SMILES string of the molecule is NC(=O)N(N)c1ccccc1S(=O)(=O)O. The summed E-state index contributed by atoms with van der Waals surface area (Å²) in [6.07, 6.45) is 0. The monoisotopic (exact) mass is 231 g/mol. The number of primary amides is 1. The number of nitrogens with zero attached hydrogens (tertiary/aromatic N) is 1. The van der Waals surface area contributed by atoms with E-state index in [9.17, 15) is 13.2 Å². The summed E-state index contributed by atoms with van der Waals surface area (Å²) in [5, 5.41) is 0.434. The van der Waals surface area contributed by atoms with Gasteiger partial charge in [0.05, 0.1) is 5.69 Å². The molecule has 15 heavy (non-hydrogen) atoms. The molecule has 0 aliphatic heterocycles. The summed E-state index contributed by atoms with van der Waals surface area (Å²) < 4.78 is 30.6. The summed E-state index contributed by atoms with van der Waals surface area (Å²) in [6, 6.07) is 4.14. The average Bonchev–Trinajstić information content (AvgIpc) is 2.15. The van der Waals surface area contributed by atoms with Gasteiger partial charge in [0.1, 0.15) is 4.90 Å². The minimum absolute atomic E-state index is 0.187. The van der Waals surface area contributed by atoms with E-state index in [1.54, 1.807) is 0 Å². The zero-order chi connectivity index (χ0) is 11.6. The normalized spacial score (nSPS) is 11.1. The molecule has 8 heteroatoms. The highest BCUT2D eigenvalue weighted by atomic mass is 32.2. The number of amides is 2. The van der Waals surface area contributed by atoms with Crippen LogP contribution < -0.4 is 16.6 Å². The molecule has 7 nitrogen and oxygen atoms in total. The first-order valence-electron chi connectivity index (χ1n) is 3.75. The summed E-state index contributed by atoms with van der Waals surface area (Å²) in [5.41, 5.74) is 4.68. The van der Waals surface area contributed by atoms with Crippen LogP contribution in [-0.2, 0) is 10.1 Å². The number of rotatable bonds is 2. The molecular formula is C7H9N3O4S. The molecule has 0 bridgehead atoms. The zero-order valence-corrected chi connectivity index (χ0v) is 8.31. The van der Waals surface area contributed by atoms with Gasteiger partial charge >= 0.3 is 6.03 Å². The Hall–Kier alpha value is -1.64. The largest absolute Gasteiger partial charge is 0.350 e. The van der Waals surface area contributed by atoms with Gasteiger partial charge < -0.3 is 5.73 Å².